The average molecular weight is 152 g/mol. The Hall–Kier alpha value is -1.31. The van der Waals surface area contributed by atoms with Crippen LogP contribution in [0.2, 0.25) is 0 Å². The lowest BCUT2D eigenvalue weighted by atomic mass is 10.3. The van der Waals surface area contributed by atoms with Crippen molar-refractivity contribution in [2.24, 2.45) is 0 Å². The maximum absolute atomic E-state index is 9.96. The lowest BCUT2D eigenvalue weighted by Crippen LogP contribution is -1.84. The highest BCUT2D eigenvalue weighted by Crippen LogP contribution is 1.88. The van der Waals surface area contributed by atoms with Crippen molar-refractivity contribution < 1.29 is 9.90 Å². The molecule has 60 valence electrons. The van der Waals surface area contributed by atoms with Crippen molar-refractivity contribution in [2.75, 3.05) is 0 Å². The van der Waals surface area contributed by atoms with Gasteiger partial charge in [-0.15, -0.1) is 0 Å². The van der Waals surface area contributed by atoms with E-state index in [0.29, 0.717) is 0 Å². The summed E-state index contributed by atoms with van der Waals surface area (Å²) in [4.78, 5) is 9.96. The maximum Gasteiger partial charge on any atom is 0.328 e. The minimum atomic E-state index is -0.924. The molecule has 0 saturated heterocycles. The zero-order valence-electron chi connectivity index (χ0n) is 6.74. The van der Waals surface area contributed by atoms with Gasteiger partial charge in [0.1, 0.15) is 0 Å². The Morgan fingerprint density at radius 1 is 1.18 bits per heavy atom. The van der Waals surface area contributed by atoms with Crippen molar-refractivity contribution in [3.8, 4) is 0 Å². The van der Waals surface area contributed by atoms with Gasteiger partial charge in [-0.25, -0.2) is 4.79 Å². The second-order valence-corrected chi connectivity index (χ2v) is 2.33. The summed E-state index contributed by atoms with van der Waals surface area (Å²) in [5, 5.41) is 8.19. The van der Waals surface area contributed by atoms with Crippen molar-refractivity contribution >= 4 is 5.97 Å². The third-order valence-electron chi connectivity index (χ3n) is 0.891. The molecule has 0 saturated carbocycles. The first-order valence-corrected chi connectivity index (χ1v) is 3.34. The molecule has 0 heterocycles. The van der Waals surface area contributed by atoms with Crippen molar-refractivity contribution in [1.29, 1.82) is 0 Å². The lowest BCUT2D eigenvalue weighted by molar-refractivity contribution is -0.131. The minimum absolute atomic E-state index is 0.924. The third kappa shape index (κ3) is 8.69. The van der Waals surface area contributed by atoms with Gasteiger partial charge in [0.05, 0.1) is 0 Å². The summed E-state index contributed by atoms with van der Waals surface area (Å²) in [6, 6.07) is 0. The molecular weight excluding hydrogens is 140 g/mol. The molecule has 0 aromatic carbocycles. The first kappa shape index (κ1) is 9.69. The van der Waals surface area contributed by atoms with Crippen LogP contribution in [-0.4, -0.2) is 11.1 Å². The fourth-order valence-electron chi connectivity index (χ4n) is 0.450. The SMILES string of the molecule is CC(C)=CC=CC=CC(=O)O. The number of carboxylic acids is 1. The fourth-order valence-corrected chi connectivity index (χ4v) is 0.450. The van der Waals surface area contributed by atoms with Crippen LogP contribution >= 0.6 is 0 Å². The van der Waals surface area contributed by atoms with Crippen LogP contribution in [0.25, 0.3) is 0 Å². The quantitative estimate of drug-likeness (QED) is 0.497. The first-order valence-electron chi connectivity index (χ1n) is 3.34. The molecule has 0 spiro atoms. The summed E-state index contributed by atoms with van der Waals surface area (Å²) < 4.78 is 0. The van der Waals surface area contributed by atoms with Crippen LogP contribution < -0.4 is 0 Å². The summed E-state index contributed by atoms with van der Waals surface area (Å²) in [5.41, 5.74) is 1.19. The standard InChI is InChI=1S/C9H12O2/c1-8(2)6-4-3-5-7-9(10)11/h3-7H,1-2H3,(H,10,11). The zero-order valence-corrected chi connectivity index (χ0v) is 6.74. The van der Waals surface area contributed by atoms with Crippen molar-refractivity contribution in [2.45, 2.75) is 13.8 Å². The highest BCUT2D eigenvalue weighted by atomic mass is 16.4. The summed E-state index contributed by atoms with van der Waals surface area (Å²) in [7, 11) is 0. The molecule has 0 fully saturated rings. The summed E-state index contributed by atoms with van der Waals surface area (Å²) in [6.45, 7) is 3.95. The summed E-state index contributed by atoms with van der Waals surface area (Å²) in [6.07, 6.45) is 7.97. The molecule has 2 nitrogen and oxygen atoms in total. The second-order valence-electron chi connectivity index (χ2n) is 2.33. The van der Waals surface area contributed by atoms with Crippen LogP contribution in [0.5, 0.6) is 0 Å². The monoisotopic (exact) mass is 152 g/mol. The number of allylic oxidation sites excluding steroid dienone is 5. The summed E-state index contributed by atoms with van der Waals surface area (Å²) >= 11 is 0. The van der Waals surface area contributed by atoms with Gasteiger partial charge in [0.15, 0.2) is 0 Å². The van der Waals surface area contributed by atoms with Gasteiger partial charge in [-0.2, -0.15) is 0 Å². The molecule has 0 aliphatic rings. The van der Waals surface area contributed by atoms with E-state index in [1.165, 1.54) is 11.6 Å². The van der Waals surface area contributed by atoms with E-state index in [0.717, 1.165) is 6.08 Å². The summed E-state index contributed by atoms with van der Waals surface area (Å²) in [5.74, 6) is -0.924. The highest BCUT2D eigenvalue weighted by molar-refractivity contribution is 5.80. The van der Waals surface area contributed by atoms with Crippen molar-refractivity contribution in [3.05, 3.63) is 36.0 Å². The van der Waals surface area contributed by atoms with Gasteiger partial charge in [-0.05, 0) is 13.8 Å². The van der Waals surface area contributed by atoms with E-state index in [2.05, 4.69) is 0 Å². The molecule has 0 amide bonds. The van der Waals surface area contributed by atoms with E-state index in [9.17, 15) is 4.79 Å². The lowest BCUT2D eigenvalue weighted by Gasteiger charge is -1.79. The number of rotatable bonds is 3. The molecule has 0 aromatic heterocycles. The number of aliphatic carboxylic acids is 1. The number of hydrogen-bond donors (Lipinski definition) is 1. The number of carbonyl (C=O) groups is 1. The topological polar surface area (TPSA) is 37.3 Å². The van der Waals surface area contributed by atoms with Gasteiger partial charge in [0, 0.05) is 6.08 Å². The van der Waals surface area contributed by atoms with E-state index in [1.807, 2.05) is 19.9 Å². The van der Waals surface area contributed by atoms with Gasteiger partial charge in [0.2, 0.25) is 0 Å². The van der Waals surface area contributed by atoms with Crippen LogP contribution in [0.15, 0.2) is 36.0 Å². The predicted molar refractivity (Wildman–Crippen MR) is 45.3 cm³/mol. The van der Waals surface area contributed by atoms with Crippen LogP contribution in [0.3, 0.4) is 0 Å². The Labute approximate surface area is 66.5 Å². The normalized spacial score (nSPS) is 10.7. The van der Waals surface area contributed by atoms with E-state index in [-0.39, 0.29) is 0 Å². The van der Waals surface area contributed by atoms with E-state index in [1.54, 1.807) is 12.2 Å². The molecule has 0 aliphatic carbocycles. The predicted octanol–water partition coefficient (Wildman–Crippen LogP) is 2.15. The Bertz CT molecular complexity index is 206. The van der Waals surface area contributed by atoms with Crippen LogP contribution in [0.1, 0.15) is 13.8 Å². The fraction of sp³-hybridized carbons (Fsp3) is 0.222. The highest BCUT2D eigenvalue weighted by Gasteiger charge is 1.79. The Kier molecular flexibility index (Phi) is 4.82. The molecule has 11 heavy (non-hydrogen) atoms. The molecule has 0 aliphatic heterocycles. The van der Waals surface area contributed by atoms with Gasteiger partial charge in [-0.1, -0.05) is 29.9 Å². The molecule has 0 unspecified atom stereocenters. The average Bonchev–Trinajstić information content (AvgIpc) is 1.85. The van der Waals surface area contributed by atoms with Gasteiger partial charge >= 0.3 is 5.97 Å². The Morgan fingerprint density at radius 2 is 1.82 bits per heavy atom. The first-order chi connectivity index (χ1) is 5.13. The Morgan fingerprint density at radius 3 is 2.27 bits per heavy atom. The van der Waals surface area contributed by atoms with Crippen LogP contribution in [-0.2, 0) is 4.79 Å². The molecular formula is C9H12O2. The number of carboxylic acid groups (broad SMARTS) is 1. The van der Waals surface area contributed by atoms with Crippen molar-refractivity contribution in [1.82, 2.24) is 0 Å². The van der Waals surface area contributed by atoms with Crippen LogP contribution in [0, 0.1) is 0 Å². The van der Waals surface area contributed by atoms with Gasteiger partial charge in [-0.3, -0.25) is 0 Å². The van der Waals surface area contributed by atoms with Crippen molar-refractivity contribution in [3.63, 3.8) is 0 Å². The van der Waals surface area contributed by atoms with Crippen LogP contribution in [0.4, 0.5) is 0 Å². The molecule has 0 atom stereocenters. The number of hydrogen-bond acceptors (Lipinski definition) is 1. The molecule has 0 bridgehead atoms. The zero-order chi connectivity index (χ0) is 8.69. The smallest absolute Gasteiger partial charge is 0.328 e. The van der Waals surface area contributed by atoms with Gasteiger partial charge in [0.25, 0.3) is 0 Å². The largest absolute Gasteiger partial charge is 0.478 e. The molecule has 1 N–H and O–H groups in total. The molecule has 0 radical (unpaired) electrons. The minimum Gasteiger partial charge on any atom is -0.478 e. The third-order valence-corrected chi connectivity index (χ3v) is 0.891. The van der Waals surface area contributed by atoms with Gasteiger partial charge < -0.3 is 5.11 Å². The maximum atomic E-state index is 9.96. The van der Waals surface area contributed by atoms with E-state index in [4.69, 9.17) is 5.11 Å². The molecule has 0 rings (SSSR count). The molecule has 2 heteroatoms. The Balaban J connectivity index is 3.78. The van der Waals surface area contributed by atoms with E-state index < -0.39 is 5.97 Å². The van der Waals surface area contributed by atoms with E-state index >= 15 is 0 Å². The molecule has 0 aromatic rings. The second kappa shape index (κ2) is 5.47.